The number of hydrogen-bond acceptors (Lipinski definition) is 4. The van der Waals surface area contributed by atoms with E-state index in [1.807, 2.05) is 6.07 Å². The van der Waals surface area contributed by atoms with Gasteiger partial charge in [0.15, 0.2) is 11.5 Å². The van der Waals surface area contributed by atoms with Crippen LogP contribution < -0.4 is 10.6 Å². The number of phenolic OH excluding ortho intramolecular Hbond substituents is 2. The van der Waals surface area contributed by atoms with Gasteiger partial charge >= 0.3 is 0 Å². The highest BCUT2D eigenvalue weighted by molar-refractivity contribution is 5.82. The first-order valence-corrected chi connectivity index (χ1v) is 7.51. The maximum Gasteiger partial charge on any atom is 0.160 e. The summed E-state index contributed by atoms with van der Waals surface area (Å²) < 4.78 is 0. The molecule has 0 bridgehead atoms. The van der Waals surface area contributed by atoms with Gasteiger partial charge in [-0.1, -0.05) is 18.2 Å². The van der Waals surface area contributed by atoms with Gasteiger partial charge in [0, 0.05) is 16.9 Å². The first kappa shape index (κ1) is 13.1. The minimum atomic E-state index is -0.128. The second kappa shape index (κ2) is 4.70. The molecular weight excluding hydrogens is 276 g/mol. The van der Waals surface area contributed by atoms with E-state index in [0.717, 1.165) is 29.8 Å². The minimum absolute atomic E-state index is 0.0564. The third kappa shape index (κ3) is 1.91. The van der Waals surface area contributed by atoms with E-state index in [1.165, 1.54) is 11.1 Å². The Morgan fingerprint density at radius 1 is 1.14 bits per heavy atom. The van der Waals surface area contributed by atoms with E-state index in [9.17, 15) is 10.2 Å². The highest BCUT2D eigenvalue weighted by atomic mass is 16.3. The largest absolute Gasteiger partial charge is 0.504 e. The Morgan fingerprint density at radius 3 is 2.82 bits per heavy atom. The fraction of sp³-hybridized carbons (Fsp3) is 0.222. The Labute approximate surface area is 129 Å². The molecule has 2 aromatic rings. The van der Waals surface area contributed by atoms with Crippen molar-refractivity contribution in [1.82, 2.24) is 5.32 Å². The maximum absolute atomic E-state index is 9.87. The second-order valence-corrected chi connectivity index (χ2v) is 5.92. The van der Waals surface area contributed by atoms with E-state index >= 15 is 0 Å². The lowest BCUT2D eigenvalue weighted by atomic mass is 9.90. The molecule has 0 aromatic heterocycles. The van der Waals surface area contributed by atoms with Crippen LogP contribution in [0.5, 0.6) is 11.5 Å². The van der Waals surface area contributed by atoms with Gasteiger partial charge in [-0.2, -0.15) is 0 Å². The molecule has 1 unspecified atom stereocenters. The molecule has 0 saturated carbocycles. The van der Waals surface area contributed by atoms with Crippen LogP contribution in [0.4, 0.5) is 5.69 Å². The molecule has 22 heavy (non-hydrogen) atoms. The Kier molecular flexibility index (Phi) is 2.79. The number of allylic oxidation sites excluding steroid dienone is 1. The molecule has 112 valence electrons. The van der Waals surface area contributed by atoms with Crippen LogP contribution in [0.15, 0.2) is 36.4 Å². The summed E-state index contributed by atoms with van der Waals surface area (Å²) >= 11 is 0. The van der Waals surface area contributed by atoms with Crippen LogP contribution in [0.3, 0.4) is 0 Å². The Bertz CT molecular complexity index is 773. The normalized spacial score (nSPS) is 18.8. The van der Waals surface area contributed by atoms with Gasteiger partial charge in [-0.15, -0.1) is 0 Å². The standard InChI is InChI=1S/C18H18N2O2/c1-10-8-12(9-15(21)17(10)22)18-19-13-6-2-4-11-5-3-7-14(20-18)16(11)13/h2,4,6-9,18-22H,3,5H2,1H3. The second-order valence-electron chi connectivity index (χ2n) is 5.92. The van der Waals surface area contributed by atoms with Crippen molar-refractivity contribution in [2.24, 2.45) is 0 Å². The van der Waals surface area contributed by atoms with Crippen LogP contribution in [0.1, 0.15) is 34.8 Å². The van der Waals surface area contributed by atoms with Crippen molar-refractivity contribution in [2.75, 3.05) is 5.32 Å². The third-order valence-corrected chi connectivity index (χ3v) is 4.42. The zero-order chi connectivity index (χ0) is 15.3. The Morgan fingerprint density at radius 2 is 2.00 bits per heavy atom. The third-order valence-electron chi connectivity index (χ3n) is 4.42. The van der Waals surface area contributed by atoms with Crippen LogP contribution in [-0.2, 0) is 6.42 Å². The molecule has 4 nitrogen and oxygen atoms in total. The molecule has 2 aromatic carbocycles. The smallest absolute Gasteiger partial charge is 0.160 e. The van der Waals surface area contributed by atoms with Gasteiger partial charge in [-0.25, -0.2) is 0 Å². The maximum atomic E-state index is 9.87. The summed E-state index contributed by atoms with van der Waals surface area (Å²) in [6, 6.07) is 9.82. The first-order valence-electron chi connectivity index (χ1n) is 7.51. The van der Waals surface area contributed by atoms with Gasteiger partial charge in [0.1, 0.15) is 6.17 Å². The molecule has 0 radical (unpaired) electrons. The molecule has 1 heterocycles. The highest BCUT2D eigenvalue weighted by Crippen LogP contribution is 2.39. The summed E-state index contributed by atoms with van der Waals surface area (Å²) in [6.45, 7) is 1.79. The molecule has 0 spiro atoms. The van der Waals surface area contributed by atoms with Gasteiger partial charge in [0.05, 0.1) is 0 Å². The van der Waals surface area contributed by atoms with Crippen LogP contribution >= 0.6 is 0 Å². The average Bonchev–Trinajstić information content (AvgIpc) is 2.52. The Hall–Kier alpha value is -2.62. The van der Waals surface area contributed by atoms with Crippen LogP contribution in [0, 0.1) is 6.92 Å². The molecule has 0 fully saturated rings. The zero-order valence-corrected chi connectivity index (χ0v) is 12.4. The van der Waals surface area contributed by atoms with Crippen molar-refractivity contribution in [3.05, 3.63) is 58.7 Å². The van der Waals surface area contributed by atoms with Crippen molar-refractivity contribution in [3.8, 4) is 11.5 Å². The quantitative estimate of drug-likeness (QED) is 0.609. The topological polar surface area (TPSA) is 64.5 Å². The molecule has 4 N–H and O–H groups in total. The molecule has 1 aliphatic carbocycles. The van der Waals surface area contributed by atoms with E-state index in [2.05, 4.69) is 34.9 Å². The molecule has 4 heteroatoms. The number of aromatic hydroxyl groups is 2. The predicted octanol–water partition coefficient (Wildman–Crippen LogP) is 3.41. The van der Waals surface area contributed by atoms with Crippen molar-refractivity contribution in [3.63, 3.8) is 0 Å². The van der Waals surface area contributed by atoms with Gasteiger partial charge < -0.3 is 20.8 Å². The lowest BCUT2D eigenvalue weighted by molar-refractivity contribution is 0.400. The summed E-state index contributed by atoms with van der Waals surface area (Å²) in [5.74, 6) is -0.144. The number of phenols is 2. The summed E-state index contributed by atoms with van der Waals surface area (Å²) in [7, 11) is 0. The summed E-state index contributed by atoms with van der Waals surface area (Å²) in [6.07, 6.45) is 4.20. The van der Waals surface area contributed by atoms with Crippen molar-refractivity contribution in [2.45, 2.75) is 25.9 Å². The van der Waals surface area contributed by atoms with E-state index in [-0.39, 0.29) is 17.7 Å². The molecule has 1 atom stereocenters. The number of nitrogens with one attached hydrogen (secondary N) is 2. The monoisotopic (exact) mass is 294 g/mol. The van der Waals surface area contributed by atoms with E-state index in [4.69, 9.17) is 0 Å². The van der Waals surface area contributed by atoms with Gasteiger partial charge in [-0.3, -0.25) is 0 Å². The van der Waals surface area contributed by atoms with Gasteiger partial charge in [0.25, 0.3) is 0 Å². The predicted molar refractivity (Wildman–Crippen MR) is 86.7 cm³/mol. The SMILES string of the molecule is Cc1cc(C2NC3=CCCc4cccc(c43)N2)cc(O)c1O. The van der Waals surface area contributed by atoms with E-state index in [0.29, 0.717) is 5.56 Å². The fourth-order valence-corrected chi connectivity index (χ4v) is 3.32. The fourth-order valence-electron chi connectivity index (χ4n) is 3.32. The molecule has 0 amide bonds. The summed E-state index contributed by atoms with van der Waals surface area (Å²) in [4.78, 5) is 0. The lowest BCUT2D eigenvalue weighted by Gasteiger charge is -2.34. The zero-order valence-electron chi connectivity index (χ0n) is 12.4. The van der Waals surface area contributed by atoms with Crippen LogP contribution in [-0.4, -0.2) is 10.2 Å². The number of anilines is 1. The van der Waals surface area contributed by atoms with Crippen molar-refractivity contribution in [1.29, 1.82) is 0 Å². The van der Waals surface area contributed by atoms with Gasteiger partial charge in [0.2, 0.25) is 0 Å². The Balaban J connectivity index is 1.78. The lowest BCUT2D eigenvalue weighted by Crippen LogP contribution is -2.33. The molecule has 2 aliphatic rings. The van der Waals surface area contributed by atoms with Crippen molar-refractivity contribution < 1.29 is 10.2 Å². The minimum Gasteiger partial charge on any atom is -0.504 e. The summed E-state index contributed by atoms with van der Waals surface area (Å²) in [5.41, 5.74) is 6.43. The van der Waals surface area contributed by atoms with E-state index in [1.54, 1.807) is 13.0 Å². The molecule has 0 saturated heterocycles. The van der Waals surface area contributed by atoms with E-state index < -0.39 is 0 Å². The van der Waals surface area contributed by atoms with Gasteiger partial charge in [-0.05, 0) is 54.7 Å². The number of benzene rings is 2. The van der Waals surface area contributed by atoms with Crippen LogP contribution in [0.25, 0.3) is 5.70 Å². The average molecular weight is 294 g/mol. The van der Waals surface area contributed by atoms with Crippen LogP contribution in [0.2, 0.25) is 0 Å². The van der Waals surface area contributed by atoms with Crippen molar-refractivity contribution >= 4 is 11.4 Å². The number of rotatable bonds is 1. The number of aryl methyl sites for hydroxylation is 2. The summed E-state index contributed by atoms with van der Waals surface area (Å²) in [5, 5.41) is 26.6. The molecule has 4 rings (SSSR count). The highest BCUT2D eigenvalue weighted by Gasteiger charge is 2.26. The first-order chi connectivity index (χ1) is 10.6. The molecular formula is C18H18N2O2. The number of hydrogen-bond donors (Lipinski definition) is 4. The molecule has 1 aliphatic heterocycles.